The summed E-state index contributed by atoms with van der Waals surface area (Å²) >= 11 is 0. The maximum Gasteiger partial charge on any atom is 0.00271 e. The quantitative estimate of drug-likeness (QED) is 0.588. The maximum absolute atomic E-state index is 5.28. The van der Waals surface area contributed by atoms with Crippen LogP contribution in [0.2, 0.25) is 0 Å². The molecule has 56 valence electrons. The van der Waals surface area contributed by atoms with E-state index in [0.717, 1.165) is 0 Å². The van der Waals surface area contributed by atoms with Gasteiger partial charge in [-0.3, -0.25) is 0 Å². The molecule has 1 aliphatic carbocycles. The van der Waals surface area contributed by atoms with Crippen molar-refractivity contribution in [1.82, 2.24) is 0 Å². The Morgan fingerprint density at radius 2 is 2.10 bits per heavy atom. The van der Waals surface area contributed by atoms with Gasteiger partial charge in [-0.05, 0) is 12.1 Å². The van der Waals surface area contributed by atoms with Gasteiger partial charge in [0.05, 0.1) is 0 Å². The van der Waals surface area contributed by atoms with Gasteiger partial charge >= 0.3 is 0 Å². The van der Waals surface area contributed by atoms with Gasteiger partial charge in [-0.2, -0.15) is 0 Å². The van der Waals surface area contributed by atoms with Crippen molar-refractivity contribution in [3.63, 3.8) is 0 Å². The van der Waals surface area contributed by atoms with Crippen molar-refractivity contribution in [2.24, 2.45) is 17.6 Å². The fraction of sp³-hybridized carbons (Fsp3) is 0.333. The van der Waals surface area contributed by atoms with Crippen molar-refractivity contribution in [3.05, 3.63) is 36.6 Å². The number of hydrogen-bond acceptors (Lipinski definition) is 1. The number of nitrogens with two attached hydrogens (primary N) is 1. The maximum atomic E-state index is 5.28. The highest BCUT2D eigenvalue weighted by Crippen LogP contribution is 2.19. The van der Waals surface area contributed by atoms with Crippen LogP contribution in [0.3, 0.4) is 0 Å². The first-order chi connectivity index (χ1) is 4.84. The van der Waals surface area contributed by atoms with Gasteiger partial charge in [0, 0.05) is 7.34 Å². The van der Waals surface area contributed by atoms with Gasteiger partial charge < -0.3 is 5.73 Å². The number of allylic oxidation sites excluding steroid dienone is 5. The lowest BCUT2D eigenvalue weighted by Gasteiger charge is -2.15. The summed E-state index contributed by atoms with van der Waals surface area (Å²) in [6.07, 6.45) is 12.1. The van der Waals surface area contributed by atoms with Gasteiger partial charge in [0.15, 0.2) is 0 Å². The molecule has 0 bridgehead atoms. The first kappa shape index (κ1) is 7.13. The van der Waals surface area contributed by atoms with E-state index in [1.807, 2.05) is 6.08 Å². The van der Waals surface area contributed by atoms with Crippen molar-refractivity contribution < 1.29 is 1.43 Å². The third kappa shape index (κ3) is 1.50. The average Bonchev–Trinajstić information content (AvgIpc) is 1.94. The SMILES string of the molecule is CC1C=CC=CC1/C=C\N.[HH]. The second-order valence-electron chi connectivity index (χ2n) is 2.59. The molecule has 0 aromatic carbocycles. The van der Waals surface area contributed by atoms with E-state index in [9.17, 15) is 0 Å². The van der Waals surface area contributed by atoms with Crippen LogP contribution in [-0.4, -0.2) is 0 Å². The lowest BCUT2D eigenvalue weighted by atomic mass is 9.90. The standard InChI is InChI=1S/C9H13N.H2/c1-8-4-2-3-5-9(8)6-7-10;/h2-9H,10H2,1H3;1H/b7-6-;. The zero-order valence-corrected chi connectivity index (χ0v) is 6.20. The van der Waals surface area contributed by atoms with Crippen LogP contribution in [0.25, 0.3) is 0 Å². The minimum absolute atomic E-state index is 0. The Kier molecular flexibility index (Phi) is 2.32. The molecule has 1 heteroatoms. The van der Waals surface area contributed by atoms with Gasteiger partial charge in [-0.1, -0.05) is 37.3 Å². The molecule has 1 aliphatic rings. The van der Waals surface area contributed by atoms with Crippen molar-refractivity contribution >= 4 is 0 Å². The van der Waals surface area contributed by atoms with Gasteiger partial charge in [0.25, 0.3) is 0 Å². The van der Waals surface area contributed by atoms with E-state index in [4.69, 9.17) is 5.73 Å². The molecule has 0 saturated heterocycles. The smallest absolute Gasteiger partial charge is 0.00271 e. The Balaban J connectivity index is 0.000001000. The molecule has 0 spiro atoms. The highest BCUT2D eigenvalue weighted by Gasteiger charge is 2.08. The molecule has 2 atom stereocenters. The van der Waals surface area contributed by atoms with E-state index in [0.29, 0.717) is 11.8 Å². The van der Waals surface area contributed by atoms with Crippen LogP contribution in [0, 0.1) is 11.8 Å². The molecule has 0 radical (unpaired) electrons. The van der Waals surface area contributed by atoms with Crippen LogP contribution in [0.1, 0.15) is 8.35 Å². The fourth-order valence-electron chi connectivity index (χ4n) is 1.10. The van der Waals surface area contributed by atoms with Crippen LogP contribution < -0.4 is 5.73 Å². The molecule has 0 aliphatic heterocycles. The summed E-state index contributed by atoms with van der Waals surface area (Å²) in [7, 11) is 0. The van der Waals surface area contributed by atoms with E-state index < -0.39 is 0 Å². The molecular formula is C9H15N. The first-order valence-electron chi connectivity index (χ1n) is 3.58. The molecule has 0 fully saturated rings. The van der Waals surface area contributed by atoms with Crippen LogP contribution >= 0.6 is 0 Å². The summed E-state index contributed by atoms with van der Waals surface area (Å²) in [6, 6.07) is 0. The summed E-state index contributed by atoms with van der Waals surface area (Å²) in [4.78, 5) is 0. The third-order valence-corrected chi connectivity index (χ3v) is 1.80. The molecule has 0 heterocycles. The lowest BCUT2D eigenvalue weighted by Crippen LogP contribution is -2.06. The molecule has 2 unspecified atom stereocenters. The van der Waals surface area contributed by atoms with Crippen LogP contribution in [0.5, 0.6) is 0 Å². The van der Waals surface area contributed by atoms with Crippen molar-refractivity contribution in [2.45, 2.75) is 6.92 Å². The van der Waals surface area contributed by atoms with Crippen LogP contribution in [0.15, 0.2) is 36.6 Å². The van der Waals surface area contributed by atoms with Crippen molar-refractivity contribution in [2.75, 3.05) is 0 Å². The molecule has 1 rings (SSSR count). The van der Waals surface area contributed by atoms with Crippen LogP contribution in [-0.2, 0) is 0 Å². The van der Waals surface area contributed by atoms with Gasteiger partial charge in [-0.25, -0.2) is 0 Å². The Hall–Kier alpha value is -0.980. The highest BCUT2D eigenvalue weighted by atomic mass is 14.5. The molecule has 0 amide bonds. The number of rotatable bonds is 1. The Morgan fingerprint density at radius 3 is 2.70 bits per heavy atom. The average molecular weight is 137 g/mol. The molecule has 10 heavy (non-hydrogen) atoms. The first-order valence-corrected chi connectivity index (χ1v) is 3.58. The molecular weight excluding hydrogens is 122 g/mol. The molecule has 2 N–H and O–H groups in total. The monoisotopic (exact) mass is 137 g/mol. The fourth-order valence-corrected chi connectivity index (χ4v) is 1.10. The minimum atomic E-state index is 0. The van der Waals surface area contributed by atoms with E-state index in [1.54, 1.807) is 6.20 Å². The number of hydrogen-bond donors (Lipinski definition) is 1. The van der Waals surface area contributed by atoms with Gasteiger partial charge in [0.2, 0.25) is 0 Å². The Bertz CT molecular complexity index is 182. The second-order valence-corrected chi connectivity index (χ2v) is 2.59. The summed E-state index contributed by atoms with van der Waals surface area (Å²) in [5.41, 5.74) is 5.28. The van der Waals surface area contributed by atoms with Crippen molar-refractivity contribution in [3.8, 4) is 0 Å². The molecule has 0 aromatic rings. The zero-order chi connectivity index (χ0) is 7.40. The molecule has 0 saturated carbocycles. The van der Waals surface area contributed by atoms with Gasteiger partial charge in [-0.15, -0.1) is 0 Å². The zero-order valence-electron chi connectivity index (χ0n) is 6.20. The van der Waals surface area contributed by atoms with Crippen LogP contribution in [0.4, 0.5) is 0 Å². The predicted octanol–water partition coefficient (Wildman–Crippen LogP) is 2.08. The van der Waals surface area contributed by atoms with E-state index in [2.05, 4.69) is 31.2 Å². The summed E-state index contributed by atoms with van der Waals surface area (Å²) in [6.45, 7) is 2.19. The minimum Gasteiger partial charge on any atom is -0.405 e. The topological polar surface area (TPSA) is 26.0 Å². The Morgan fingerprint density at radius 1 is 1.40 bits per heavy atom. The lowest BCUT2D eigenvalue weighted by molar-refractivity contribution is 0.605. The normalized spacial score (nSPS) is 31.7. The predicted molar refractivity (Wildman–Crippen MR) is 46.4 cm³/mol. The summed E-state index contributed by atoms with van der Waals surface area (Å²) in [5.74, 6) is 1.08. The third-order valence-electron chi connectivity index (χ3n) is 1.80. The molecule has 1 nitrogen and oxygen atoms in total. The largest absolute Gasteiger partial charge is 0.405 e. The van der Waals surface area contributed by atoms with E-state index in [-0.39, 0.29) is 1.43 Å². The summed E-state index contributed by atoms with van der Waals surface area (Å²) in [5, 5.41) is 0. The van der Waals surface area contributed by atoms with Gasteiger partial charge in [0.1, 0.15) is 0 Å². The Labute approximate surface area is 63.4 Å². The highest BCUT2D eigenvalue weighted by molar-refractivity contribution is 5.17. The summed E-state index contributed by atoms with van der Waals surface area (Å²) < 4.78 is 0. The van der Waals surface area contributed by atoms with E-state index >= 15 is 0 Å². The van der Waals surface area contributed by atoms with E-state index in [1.165, 1.54) is 0 Å². The van der Waals surface area contributed by atoms with Crippen molar-refractivity contribution in [1.29, 1.82) is 0 Å². The molecule has 0 aromatic heterocycles. The second kappa shape index (κ2) is 3.25.